The zero-order valence-corrected chi connectivity index (χ0v) is 20.6. The van der Waals surface area contributed by atoms with Crippen molar-refractivity contribution in [3.63, 3.8) is 0 Å². The Labute approximate surface area is 203 Å². The van der Waals surface area contributed by atoms with Crippen molar-refractivity contribution in [1.82, 2.24) is 0 Å². The molecule has 0 amide bonds. The number of aliphatic hydroxyl groups is 3. The Balaban J connectivity index is 1.80. The van der Waals surface area contributed by atoms with Crippen LogP contribution in [0.25, 0.3) is 6.08 Å². The summed E-state index contributed by atoms with van der Waals surface area (Å²) in [6.07, 6.45) is 4.91. The van der Waals surface area contributed by atoms with E-state index in [4.69, 9.17) is 23.4 Å². The Morgan fingerprint density at radius 1 is 1.23 bits per heavy atom. The van der Waals surface area contributed by atoms with Crippen LogP contribution in [0.15, 0.2) is 45.7 Å². The number of allylic oxidation sites excluding steroid dienone is 4. The van der Waals surface area contributed by atoms with E-state index in [1.165, 1.54) is 40.9 Å². The van der Waals surface area contributed by atoms with Crippen LogP contribution in [0.3, 0.4) is 0 Å². The lowest BCUT2D eigenvalue weighted by molar-refractivity contribution is -0.309. The largest absolute Gasteiger partial charge is 0.496 e. The standard InChI is InChI=1S/C25H32O10/c1-14-17(33-20(28)13-19(14)31-6)11-9-7-8-10-12-18-21(29)23(4)22(32-16(3)27)24(5,34-18)25(30,35-23)15(2)26/h7-13,15,18,21-22,26,29-30H,1-6H3/b8-7+,11-9+,12-10+/t15-,18+,21+,22+,23+,24-,25+/m1/s1. The maximum Gasteiger partial charge on any atom is 0.339 e. The Hall–Kier alpha value is -2.76. The summed E-state index contributed by atoms with van der Waals surface area (Å²) in [5, 5.41) is 32.4. The number of esters is 1. The summed E-state index contributed by atoms with van der Waals surface area (Å²) in [6.45, 7) is 7.25. The van der Waals surface area contributed by atoms with Crippen LogP contribution in [0.5, 0.6) is 5.75 Å². The lowest BCUT2D eigenvalue weighted by atomic mass is 9.76. The van der Waals surface area contributed by atoms with Gasteiger partial charge in [-0.2, -0.15) is 0 Å². The van der Waals surface area contributed by atoms with Crippen molar-refractivity contribution in [3.05, 3.63) is 58.2 Å². The van der Waals surface area contributed by atoms with E-state index in [0.29, 0.717) is 17.1 Å². The molecule has 0 aromatic carbocycles. The minimum absolute atomic E-state index is 0.359. The van der Waals surface area contributed by atoms with Gasteiger partial charge in [0.2, 0.25) is 5.79 Å². The minimum atomic E-state index is -2.23. The zero-order valence-electron chi connectivity index (χ0n) is 20.6. The smallest absolute Gasteiger partial charge is 0.339 e. The molecule has 1 aromatic heterocycles. The van der Waals surface area contributed by atoms with Crippen LogP contribution in [0.4, 0.5) is 0 Å². The second-order valence-electron chi connectivity index (χ2n) is 9.03. The minimum Gasteiger partial charge on any atom is -0.496 e. The quantitative estimate of drug-likeness (QED) is 0.377. The van der Waals surface area contributed by atoms with Gasteiger partial charge in [-0.05, 0) is 33.8 Å². The third kappa shape index (κ3) is 4.60. The van der Waals surface area contributed by atoms with Gasteiger partial charge in [0.25, 0.3) is 0 Å². The van der Waals surface area contributed by atoms with Crippen LogP contribution in [0.1, 0.15) is 39.0 Å². The van der Waals surface area contributed by atoms with E-state index in [-0.39, 0.29) is 0 Å². The molecule has 3 rings (SSSR count). The van der Waals surface area contributed by atoms with Crippen LogP contribution in [0.2, 0.25) is 0 Å². The number of carbonyl (C=O) groups excluding carboxylic acids is 1. The molecule has 7 atom stereocenters. The number of fused-ring (bicyclic) bond motifs is 2. The first-order valence-corrected chi connectivity index (χ1v) is 11.1. The fourth-order valence-electron chi connectivity index (χ4n) is 4.67. The number of hydrogen-bond acceptors (Lipinski definition) is 10. The number of rotatable bonds is 7. The monoisotopic (exact) mass is 492 g/mol. The van der Waals surface area contributed by atoms with Crippen molar-refractivity contribution < 1.29 is 43.5 Å². The summed E-state index contributed by atoms with van der Waals surface area (Å²) in [4.78, 5) is 23.3. The molecule has 192 valence electrons. The Morgan fingerprint density at radius 2 is 1.89 bits per heavy atom. The Kier molecular flexibility index (Phi) is 7.45. The van der Waals surface area contributed by atoms with Crippen LogP contribution >= 0.6 is 0 Å². The normalized spacial score (nSPS) is 35.7. The molecule has 3 heterocycles. The van der Waals surface area contributed by atoms with Gasteiger partial charge in [-0.25, -0.2) is 4.79 Å². The number of carbonyl (C=O) groups is 1. The summed E-state index contributed by atoms with van der Waals surface area (Å²) in [7, 11) is 1.47. The molecule has 2 aliphatic rings. The molecule has 2 bridgehead atoms. The fraction of sp³-hybridized carbons (Fsp3) is 0.520. The van der Waals surface area contributed by atoms with Gasteiger partial charge in [-0.1, -0.05) is 30.4 Å². The number of hydrogen-bond donors (Lipinski definition) is 3. The first kappa shape index (κ1) is 26.8. The zero-order chi connectivity index (χ0) is 26.2. The molecule has 2 aliphatic heterocycles. The van der Waals surface area contributed by atoms with Crippen molar-refractivity contribution in [2.45, 2.75) is 76.0 Å². The molecule has 10 nitrogen and oxygen atoms in total. The third-order valence-electron chi connectivity index (χ3n) is 6.54. The number of ether oxygens (including phenoxy) is 4. The van der Waals surface area contributed by atoms with Crippen molar-refractivity contribution in [3.8, 4) is 5.75 Å². The lowest BCUT2D eigenvalue weighted by Gasteiger charge is -2.47. The molecule has 0 unspecified atom stereocenters. The predicted octanol–water partition coefficient (Wildman–Crippen LogP) is 1.39. The van der Waals surface area contributed by atoms with Gasteiger partial charge in [-0.15, -0.1) is 0 Å². The predicted molar refractivity (Wildman–Crippen MR) is 125 cm³/mol. The summed E-state index contributed by atoms with van der Waals surface area (Å²) in [5.74, 6) is -2.09. The van der Waals surface area contributed by atoms with Gasteiger partial charge in [0.1, 0.15) is 35.4 Å². The molecule has 2 saturated heterocycles. The van der Waals surface area contributed by atoms with Gasteiger partial charge >= 0.3 is 11.6 Å². The number of aliphatic hydroxyl groups excluding tert-OH is 2. The third-order valence-corrected chi connectivity index (χ3v) is 6.54. The second-order valence-corrected chi connectivity index (χ2v) is 9.03. The Morgan fingerprint density at radius 3 is 2.49 bits per heavy atom. The van der Waals surface area contributed by atoms with Gasteiger partial charge in [0.05, 0.1) is 13.2 Å². The average molecular weight is 493 g/mol. The Bertz CT molecular complexity index is 1100. The average Bonchev–Trinajstić information content (AvgIpc) is 2.91. The second kappa shape index (κ2) is 9.71. The van der Waals surface area contributed by atoms with E-state index in [1.54, 1.807) is 43.4 Å². The fourth-order valence-corrected chi connectivity index (χ4v) is 4.67. The van der Waals surface area contributed by atoms with Gasteiger partial charge < -0.3 is 38.7 Å². The van der Waals surface area contributed by atoms with Crippen molar-refractivity contribution in [2.75, 3.05) is 7.11 Å². The summed E-state index contributed by atoms with van der Waals surface area (Å²) in [6, 6.07) is 1.27. The van der Waals surface area contributed by atoms with E-state index < -0.39 is 53.0 Å². The molecule has 35 heavy (non-hydrogen) atoms. The lowest BCUT2D eigenvalue weighted by Crippen LogP contribution is -2.68. The number of methoxy groups -OCH3 is 1. The molecule has 0 radical (unpaired) electrons. The topological polar surface area (TPSA) is 145 Å². The van der Waals surface area contributed by atoms with Crippen LogP contribution < -0.4 is 10.4 Å². The summed E-state index contributed by atoms with van der Waals surface area (Å²) >= 11 is 0. The van der Waals surface area contributed by atoms with Gasteiger partial charge in [-0.3, -0.25) is 4.79 Å². The van der Waals surface area contributed by atoms with E-state index in [9.17, 15) is 24.9 Å². The van der Waals surface area contributed by atoms with Gasteiger partial charge in [0.15, 0.2) is 11.7 Å². The molecule has 1 aromatic rings. The molecule has 10 heteroatoms. The van der Waals surface area contributed by atoms with E-state index in [1.807, 2.05) is 0 Å². The highest BCUT2D eigenvalue weighted by molar-refractivity contribution is 5.66. The van der Waals surface area contributed by atoms with Crippen LogP contribution in [-0.4, -0.2) is 69.8 Å². The highest BCUT2D eigenvalue weighted by atomic mass is 16.7. The molecule has 2 fully saturated rings. The van der Waals surface area contributed by atoms with E-state index in [2.05, 4.69) is 0 Å². The molecule has 0 spiro atoms. The maximum absolute atomic E-state index is 11.7. The molecule has 3 N–H and O–H groups in total. The van der Waals surface area contributed by atoms with Crippen LogP contribution in [0, 0.1) is 6.92 Å². The molecule has 0 saturated carbocycles. The van der Waals surface area contributed by atoms with Crippen molar-refractivity contribution >= 4 is 12.0 Å². The maximum atomic E-state index is 11.7. The van der Waals surface area contributed by atoms with Gasteiger partial charge in [0, 0.05) is 12.5 Å². The highest BCUT2D eigenvalue weighted by Gasteiger charge is 2.77. The van der Waals surface area contributed by atoms with E-state index >= 15 is 0 Å². The first-order chi connectivity index (χ1) is 16.3. The van der Waals surface area contributed by atoms with Crippen molar-refractivity contribution in [1.29, 1.82) is 0 Å². The highest BCUT2D eigenvalue weighted by Crippen LogP contribution is 2.55. The van der Waals surface area contributed by atoms with Crippen molar-refractivity contribution in [2.24, 2.45) is 0 Å². The first-order valence-electron chi connectivity index (χ1n) is 11.1. The van der Waals surface area contributed by atoms with Crippen LogP contribution in [-0.2, 0) is 19.0 Å². The SMILES string of the molecule is COc1cc(=O)oc(/C=C/C=C/C=C/[C@@H]2O[C@]3(C)[C@@H](OC(C)=O)[C@@](C)(O[C@@]3(O)[C@@H](C)O)[C@H]2O)c1C. The summed E-state index contributed by atoms with van der Waals surface area (Å²) in [5.41, 5.74) is -3.07. The molecular weight excluding hydrogens is 460 g/mol. The molecular formula is C25H32O10. The molecule has 0 aliphatic carbocycles. The van der Waals surface area contributed by atoms with E-state index in [0.717, 1.165) is 0 Å². The summed E-state index contributed by atoms with van der Waals surface area (Å²) < 4.78 is 27.5.